The van der Waals surface area contributed by atoms with Crippen LogP contribution < -0.4 is 5.73 Å². The topological polar surface area (TPSA) is 62.8 Å². The van der Waals surface area contributed by atoms with E-state index in [2.05, 4.69) is 17.1 Å². The van der Waals surface area contributed by atoms with Crippen molar-refractivity contribution in [2.45, 2.75) is 41.5 Å². The summed E-state index contributed by atoms with van der Waals surface area (Å²) in [5, 5.41) is 10.4. The predicted octanol–water partition coefficient (Wildman–Crippen LogP) is 6.84. The monoisotopic (exact) mass is 369 g/mol. The van der Waals surface area contributed by atoms with Gasteiger partial charge in [-0.3, -0.25) is 5.41 Å². The van der Waals surface area contributed by atoms with E-state index in [1.807, 2.05) is 89.4 Å². The van der Waals surface area contributed by atoms with E-state index >= 15 is 0 Å². The highest BCUT2D eigenvalue weighted by Crippen LogP contribution is 2.28. The molecule has 0 bridgehead atoms. The van der Waals surface area contributed by atoms with Crippen LogP contribution >= 0.6 is 11.3 Å². The Labute approximate surface area is 162 Å². The Balaban J connectivity index is 0.000000948. The minimum atomic E-state index is 0.0832. The van der Waals surface area contributed by atoms with Gasteiger partial charge in [-0.05, 0) is 0 Å². The Kier molecular flexibility index (Phi) is 12.5. The second-order valence-electron chi connectivity index (χ2n) is 4.39. The van der Waals surface area contributed by atoms with E-state index in [4.69, 9.17) is 11.1 Å². The second-order valence-corrected chi connectivity index (χ2v) is 5.25. The summed E-state index contributed by atoms with van der Waals surface area (Å²) in [6.45, 7) is 12.0. The third kappa shape index (κ3) is 6.81. The van der Waals surface area contributed by atoms with Crippen molar-refractivity contribution in [2.75, 3.05) is 0 Å². The molecular formula is C22H31N3S. The van der Waals surface area contributed by atoms with Gasteiger partial charge in [-0.15, -0.1) is 11.3 Å². The Morgan fingerprint density at radius 2 is 1.35 bits per heavy atom. The SMILES string of the molecule is CC.CC.CC.N=C(N)c1ccc(-c2csc(-c3ccccc3)n2)cc1. The van der Waals surface area contributed by atoms with Gasteiger partial charge >= 0.3 is 0 Å². The zero-order valence-electron chi connectivity index (χ0n) is 16.7. The second kappa shape index (κ2) is 13.8. The predicted molar refractivity (Wildman–Crippen MR) is 118 cm³/mol. The van der Waals surface area contributed by atoms with E-state index < -0.39 is 0 Å². The summed E-state index contributed by atoms with van der Waals surface area (Å²) in [4.78, 5) is 4.66. The van der Waals surface area contributed by atoms with E-state index in [1.54, 1.807) is 11.3 Å². The molecule has 0 fully saturated rings. The molecule has 3 rings (SSSR count). The Morgan fingerprint density at radius 1 is 0.808 bits per heavy atom. The molecule has 0 saturated carbocycles. The van der Waals surface area contributed by atoms with Crippen LogP contribution in [0.4, 0.5) is 0 Å². The smallest absolute Gasteiger partial charge is 0.124 e. The highest BCUT2D eigenvalue weighted by atomic mass is 32.1. The molecule has 0 spiro atoms. The van der Waals surface area contributed by atoms with E-state index in [-0.39, 0.29) is 5.84 Å². The first kappa shape index (κ1) is 23.5. The fourth-order valence-corrected chi connectivity index (χ4v) is 2.78. The molecule has 0 aliphatic heterocycles. The number of nitrogens with zero attached hydrogens (tertiary/aromatic N) is 1. The first-order chi connectivity index (χ1) is 12.7. The highest BCUT2D eigenvalue weighted by Gasteiger charge is 2.06. The van der Waals surface area contributed by atoms with E-state index in [0.717, 1.165) is 27.4 Å². The molecule has 0 atom stereocenters. The van der Waals surface area contributed by atoms with Crippen molar-refractivity contribution in [3.8, 4) is 21.8 Å². The fourth-order valence-electron chi connectivity index (χ4n) is 1.94. The Bertz CT molecular complexity index is 732. The molecule has 0 saturated heterocycles. The van der Waals surface area contributed by atoms with Gasteiger partial charge in [0.1, 0.15) is 10.8 Å². The molecule has 3 nitrogen and oxygen atoms in total. The number of amidine groups is 1. The zero-order valence-corrected chi connectivity index (χ0v) is 17.5. The third-order valence-electron chi connectivity index (χ3n) is 3.02. The first-order valence-corrected chi connectivity index (χ1v) is 10.1. The number of aromatic nitrogens is 1. The lowest BCUT2D eigenvalue weighted by Gasteiger charge is -2.00. The maximum atomic E-state index is 7.39. The summed E-state index contributed by atoms with van der Waals surface area (Å²) in [6, 6.07) is 17.7. The number of hydrogen-bond acceptors (Lipinski definition) is 3. The molecule has 0 aliphatic rings. The lowest BCUT2D eigenvalue weighted by atomic mass is 10.1. The van der Waals surface area contributed by atoms with Gasteiger partial charge in [0.25, 0.3) is 0 Å². The largest absolute Gasteiger partial charge is 0.384 e. The molecule has 26 heavy (non-hydrogen) atoms. The summed E-state index contributed by atoms with van der Waals surface area (Å²) in [6.07, 6.45) is 0. The van der Waals surface area contributed by atoms with Gasteiger partial charge in [-0.1, -0.05) is 96.1 Å². The van der Waals surface area contributed by atoms with Crippen molar-refractivity contribution in [2.24, 2.45) is 5.73 Å². The normalized spacial score (nSPS) is 8.69. The van der Waals surface area contributed by atoms with Gasteiger partial charge in [0, 0.05) is 22.1 Å². The summed E-state index contributed by atoms with van der Waals surface area (Å²) >= 11 is 1.63. The van der Waals surface area contributed by atoms with Crippen LogP contribution in [0.5, 0.6) is 0 Å². The van der Waals surface area contributed by atoms with Crippen molar-refractivity contribution in [1.82, 2.24) is 4.98 Å². The number of benzene rings is 2. The molecule has 0 amide bonds. The molecule has 1 heterocycles. The standard InChI is InChI=1S/C16H13N3S.3C2H6/c17-15(18)12-8-6-11(7-9-12)14-10-20-16(19-14)13-4-2-1-3-5-13;3*1-2/h1-10H,(H3,17,18);3*1-2H3. The average Bonchev–Trinajstić information content (AvgIpc) is 3.23. The fraction of sp³-hybridized carbons (Fsp3) is 0.273. The van der Waals surface area contributed by atoms with Crippen molar-refractivity contribution in [3.05, 3.63) is 65.5 Å². The first-order valence-electron chi connectivity index (χ1n) is 9.20. The van der Waals surface area contributed by atoms with Crippen molar-refractivity contribution in [1.29, 1.82) is 5.41 Å². The molecule has 0 radical (unpaired) electrons. The lowest BCUT2D eigenvalue weighted by Crippen LogP contribution is -2.10. The summed E-state index contributed by atoms with van der Waals surface area (Å²) in [5.41, 5.74) is 9.29. The average molecular weight is 370 g/mol. The van der Waals surface area contributed by atoms with Crippen LogP contribution in [0, 0.1) is 5.41 Å². The number of thiazole rings is 1. The molecule has 2 aromatic carbocycles. The molecule has 140 valence electrons. The van der Waals surface area contributed by atoms with Crippen molar-refractivity contribution in [3.63, 3.8) is 0 Å². The van der Waals surface area contributed by atoms with E-state index in [9.17, 15) is 0 Å². The van der Waals surface area contributed by atoms with Gasteiger partial charge in [0.15, 0.2) is 0 Å². The van der Waals surface area contributed by atoms with Crippen LogP contribution in [-0.4, -0.2) is 10.8 Å². The van der Waals surface area contributed by atoms with E-state index in [1.165, 1.54) is 0 Å². The van der Waals surface area contributed by atoms with Crippen molar-refractivity contribution >= 4 is 17.2 Å². The van der Waals surface area contributed by atoms with Crippen LogP contribution in [0.1, 0.15) is 47.1 Å². The number of rotatable bonds is 3. The molecule has 1 aromatic heterocycles. The van der Waals surface area contributed by atoms with Crippen LogP contribution in [0.2, 0.25) is 0 Å². The minimum Gasteiger partial charge on any atom is -0.384 e. The summed E-state index contributed by atoms with van der Waals surface area (Å²) in [7, 11) is 0. The van der Waals surface area contributed by atoms with Gasteiger partial charge in [0.05, 0.1) is 5.69 Å². The number of nitrogens with two attached hydrogens (primary N) is 1. The van der Waals surface area contributed by atoms with Gasteiger partial charge < -0.3 is 5.73 Å². The quantitative estimate of drug-likeness (QED) is 0.392. The van der Waals surface area contributed by atoms with Crippen LogP contribution in [0.15, 0.2) is 60.0 Å². The van der Waals surface area contributed by atoms with Gasteiger partial charge in [-0.2, -0.15) is 0 Å². The Hall–Kier alpha value is -2.46. The maximum absolute atomic E-state index is 7.39. The number of hydrogen-bond donors (Lipinski definition) is 2. The molecular weight excluding hydrogens is 338 g/mol. The highest BCUT2D eigenvalue weighted by molar-refractivity contribution is 7.13. The van der Waals surface area contributed by atoms with E-state index in [0.29, 0.717) is 0 Å². The Morgan fingerprint density at radius 3 is 1.85 bits per heavy atom. The van der Waals surface area contributed by atoms with Crippen LogP contribution in [-0.2, 0) is 0 Å². The third-order valence-corrected chi connectivity index (χ3v) is 3.91. The van der Waals surface area contributed by atoms with Crippen LogP contribution in [0.3, 0.4) is 0 Å². The number of nitrogens with one attached hydrogen (secondary N) is 1. The lowest BCUT2D eigenvalue weighted by molar-refractivity contribution is 1.39. The van der Waals surface area contributed by atoms with Gasteiger partial charge in [0.2, 0.25) is 0 Å². The maximum Gasteiger partial charge on any atom is 0.124 e. The molecule has 3 aromatic rings. The number of nitrogen functional groups attached to an aromatic ring is 1. The molecule has 3 N–H and O–H groups in total. The molecule has 0 aliphatic carbocycles. The summed E-state index contributed by atoms with van der Waals surface area (Å²) < 4.78 is 0. The van der Waals surface area contributed by atoms with Gasteiger partial charge in [-0.25, -0.2) is 4.98 Å². The minimum absolute atomic E-state index is 0.0832. The molecule has 4 heteroatoms. The molecule has 0 unspecified atom stereocenters. The summed E-state index contributed by atoms with van der Waals surface area (Å²) in [5.74, 6) is 0.0832. The van der Waals surface area contributed by atoms with Crippen LogP contribution in [0.25, 0.3) is 21.8 Å². The zero-order chi connectivity index (χ0) is 19.9. The van der Waals surface area contributed by atoms with Crippen molar-refractivity contribution < 1.29 is 0 Å².